The highest BCUT2D eigenvalue weighted by Gasteiger charge is 2.25. The molecule has 94 valence electrons. The van der Waals surface area contributed by atoms with Crippen molar-refractivity contribution in [3.63, 3.8) is 0 Å². The largest absolute Gasteiger partial charge is 0.0687 e. The van der Waals surface area contributed by atoms with Gasteiger partial charge in [-0.15, -0.1) is 0 Å². The molecule has 0 aliphatic heterocycles. The van der Waals surface area contributed by atoms with Gasteiger partial charge in [-0.05, 0) is 12.1 Å². The molecule has 18 heavy (non-hydrogen) atoms. The van der Waals surface area contributed by atoms with Crippen LogP contribution in [0.5, 0.6) is 0 Å². The third-order valence-electron chi connectivity index (χ3n) is 3.80. The third-order valence-corrected chi connectivity index (χ3v) is 8.03. The van der Waals surface area contributed by atoms with Crippen molar-refractivity contribution in [3.8, 4) is 0 Å². The molecule has 0 aromatic heterocycles. The van der Waals surface area contributed by atoms with Crippen LogP contribution in [0.1, 0.15) is 18.1 Å². The van der Waals surface area contributed by atoms with E-state index in [4.69, 9.17) is 0 Å². The number of rotatable bonds is 5. The summed E-state index contributed by atoms with van der Waals surface area (Å²) in [7, 11) is -1.21. The molecule has 0 aliphatic rings. The molecule has 0 N–H and O–H groups in total. The van der Waals surface area contributed by atoms with Crippen LogP contribution in [0.3, 0.4) is 0 Å². The predicted molar refractivity (Wildman–Crippen MR) is 82.4 cm³/mol. The molecule has 0 saturated carbocycles. The molecule has 0 nitrogen and oxygen atoms in total. The van der Waals surface area contributed by atoms with Crippen molar-refractivity contribution in [2.45, 2.75) is 31.6 Å². The SMILES string of the molecule is CC[Si](C)(Cc1ccccc1)Cc1ccccc1. The van der Waals surface area contributed by atoms with Crippen molar-refractivity contribution in [1.29, 1.82) is 0 Å². The summed E-state index contributed by atoms with van der Waals surface area (Å²) < 4.78 is 0. The Kier molecular flexibility index (Phi) is 4.37. The van der Waals surface area contributed by atoms with Gasteiger partial charge >= 0.3 is 0 Å². The molecule has 2 rings (SSSR count). The molecule has 0 atom stereocenters. The van der Waals surface area contributed by atoms with E-state index in [2.05, 4.69) is 74.1 Å². The summed E-state index contributed by atoms with van der Waals surface area (Å²) in [5, 5.41) is 0. The summed E-state index contributed by atoms with van der Waals surface area (Å²) in [6, 6.07) is 25.8. The fourth-order valence-electron chi connectivity index (χ4n) is 2.49. The van der Waals surface area contributed by atoms with Gasteiger partial charge in [-0.25, -0.2) is 0 Å². The molecule has 0 fully saturated rings. The summed E-state index contributed by atoms with van der Waals surface area (Å²) in [6.07, 6.45) is 0. The Balaban J connectivity index is 2.11. The van der Waals surface area contributed by atoms with E-state index in [1.54, 1.807) is 0 Å². The molecule has 0 heterocycles. The van der Waals surface area contributed by atoms with E-state index in [-0.39, 0.29) is 0 Å². The minimum absolute atomic E-state index is 1.21. The first kappa shape index (κ1) is 13.1. The quantitative estimate of drug-likeness (QED) is 0.681. The molecule has 0 spiro atoms. The van der Waals surface area contributed by atoms with Crippen LogP contribution in [0, 0.1) is 0 Å². The molecular weight excluding hydrogens is 232 g/mol. The average Bonchev–Trinajstić information content (AvgIpc) is 2.41. The van der Waals surface area contributed by atoms with Crippen LogP contribution in [0.4, 0.5) is 0 Å². The van der Waals surface area contributed by atoms with E-state index in [0.29, 0.717) is 0 Å². The van der Waals surface area contributed by atoms with Crippen LogP contribution in [0.25, 0.3) is 0 Å². The van der Waals surface area contributed by atoms with Gasteiger partial charge in [0, 0.05) is 0 Å². The van der Waals surface area contributed by atoms with Crippen LogP contribution in [0.15, 0.2) is 60.7 Å². The summed E-state index contributed by atoms with van der Waals surface area (Å²) in [5.41, 5.74) is 3.01. The number of benzene rings is 2. The Bertz CT molecular complexity index is 420. The molecule has 2 aromatic carbocycles. The molecule has 1 heteroatoms. The molecule has 0 unspecified atom stereocenters. The Hall–Kier alpha value is -1.34. The zero-order chi connectivity index (χ0) is 12.8. The summed E-state index contributed by atoms with van der Waals surface area (Å²) in [5.74, 6) is 0. The average molecular weight is 254 g/mol. The van der Waals surface area contributed by atoms with E-state index in [1.165, 1.54) is 29.3 Å². The van der Waals surface area contributed by atoms with Gasteiger partial charge in [0.2, 0.25) is 0 Å². The van der Waals surface area contributed by atoms with E-state index >= 15 is 0 Å². The number of hydrogen-bond acceptors (Lipinski definition) is 0. The summed E-state index contributed by atoms with van der Waals surface area (Å²) >= 11 is 0. The molecule has 0 radical (unpaired) electrons. The van der Waals surface area contributed by atoms with E-state index in [0.717, 1.165) is 0 Å². The summed E-state index contributed by atoms with van der Waals surface area (Å²) in [4.78, 5) is 0. The zero-order valence-electron chi connectivity index (χ0n) is 11.4. The minimum Gasteiger partial charge on any atom is -0.0687 e. The zero-order valence-corrected chi connectivity index (χ0v) is 12.4. The normalized spacial score (nSPS) is 11.4. The maximum Gasteiger partial charge on any atom is 0.0589 e. The highest BCUT2D eigenvalue weighted by Crippen LogP contribution is 2.21. The molecule has 0 amide bonds. The van der Waals surface area contributed by atoms with Gasteiger partial charge < -0.3 is 0 Å². The van der Waals surface area contributed by atoms with Crippen LogP contribution in [-0.2, 0) is 12.1 Å². The van der Waals surface area contributed by atoms with Gasteiger partial charge in [0.05, 0.1) is 8.07 Å². The van der Waals surface area contributed by atoms with Crippen LogP contribution in [0.2, 0.25) is 12.6 Å². The first-order valence-corrected chi connectivity index (χ1v) is 9.92. The first-order chi connectivity index (χ1) is 8.72. The van der Waals surface area contributed by atoms with Gasteiger partial charge in [-0.1, -0.05) is 91.3 Å². The van der Waals surface area contributed by atoms with Gasteiger partial charge in [-0.3, -0.25) is 0 Å². The third kappa shape index (κ3) is 3.57. The van der Waals surface area contributed by atoms with E-state index in [1.807, 2.05) is 0 Å². The number of hydrogen-bond donors (Lipinski definition) is 0. The lowest BCUT2D eigenvalue weighted by Gasteiger charge is -2.26. The Morgan fingerprint density at radius 1 is 0.722 bits per heavy atom. The van der Waals surface area contributed by atoms with E-state index in [9.17, 15) is 0 Å². The molecular formula is C17H22Si. The fourth-order valence-corrected chi connectivity index (χ4v) is 5.56. The van der Waals surface area contributed by atoms with Crippen molar-refractivity contribution >= 4 is 8.07 Å². The van der Waals surface area contributed by atoms with Gasteiger partial charge in [0.15, 0.2) is 0 Å². The second-order valence-electron chi connectivity index (χ2n) is 5.49. The van der Waals surface area contributed by atoms with Gasteiger partial charge in [0.25, 0.3) is 0 Å². The monoisotopic (exact) mass is 254 g/mol. The predicted octanol–water partition coefficient (Wildman–Crippen LogP) is 4.65. The summed E-state index contributed by atoms with van der Waals surface area (Å²) in [6.45, 7) is 4.89. The Labute approximate surface area is 112 Å². The highest BCUT2D eigenvalue weighted by atomic mass is 28.3. The lowest BCUT2D eigenvalue weighted by molar-refractivity contribution is 1.14. The maximum atomic E-state index is 2.53. The molecule has 0 bridgehead atoms. The molecule has 0 aliphatic carbocycles. The van der Waals surface area contributed by atoms with E-state index < -0.39 is 8.07 Å². The topological polar surface area (TPSA) is 0 Å². The second-order valence-corrected chi connectivity index (χ2v) is 10.5. The minimum atomic E-state index is -1.21. The van der Waals surface area contributed by atoms with Crippen molar-refractivity contribution in [3.05, 3.63) is 71.8 Å². The lowest BCUT2D eigenvalue weighted by atomic mass is 10.2. The smallest absolute Gasteiger partial charge is 0.0589 e. The van der Waals surface area contributed by atoms with Gasteiger partial charge in [0.1, 0.15) is 0 Å². The molecule has 0 saturated heterocycles. The second kappa shape index (κ2) is 6.01. The van der Waals surface area contributed by atoms with Gasteiger partial charge in [-0.2, -0.15) is 0 Å². The van der Waals surface area contributed by atoms with Crippen molar-refractivity contribution in [2.75, 3.05) is 0 Å². The first-order valence-electron chi connectivity index (χ1n) is 6.80. The highest BCUT2D eigenvalue weighted by molar-refractivity contribution is 6.77. The fraction of sp³-hybridized carbons (Fsp3) is 0.294. The van der Waals surface area contributed by atoms with Crippen LogP contribution >= 0.6 is 0 Å². The van der Waals surface area contributed by atoms with Crippen molar-refractivity contribution in [2.24, 2.45) is 0 Å². The van der Waals surface area contributed by atoms with Crippen LogP contribution < -0.4 is 0 Å². The van der Waals surface area contributed by atoms with Crippen molar-refractivity contribution in [1.82, 2.24) is 0 Å². The Morgan fingerprint density at radius 2 is 1.11 bits per heavy atom. The Morgan fingerprint density at radius 3 is 1.44 bits per heavy atom. The lowest BCUT2D eigenvalue weighted by Crippen LogP contribution is -2.36. The standard InChI is InChI=1S/C17H22Si/c1-3-18(2,14-16-10-6-4-7-11-16)15-17-12-8-5-9-13-17/h4-13H,3,14-15H2,1-2H3. The van der Waals surface area contributed by atoms with Crippen LogP contribution in [-0.4, -0.2) is 8.07 Å². The van der Waals surface area contributed by atoms with Crippen molar-refractivity contribution < 1.29 is 0 Å². The molecule has 2 aromatic rings. The maximum absolute atomic E-state index is 2.53.